The lowest BCUT2D eigenvalue weighted by atomic mass is 9.82. The SMILES string of the molecule is CC1(C)c2ccccc2-c2cc(-c3cc(-c4cc5ccc6cccc7c8cccc9ccc%10cccc(c(c4)c5c67)c%10c98)nc(-c4ccccc4)n3)ccc21. The van der Waals surface area contributed by atoms with Crippen LogP contribution in [0.25, 0.3) is 110 Å². The molecule has 10 aromatic carbocycles. The molecule has 1 aromatic heterocycles. The molecular weight excluding hydrogens is 665 g/mol. The van der Waals surface area contributed by atoms with E-state index in [1.807, 2.05) is 6.07 Å². The summed E-state index contributed by atoms with van der Waals surface area (Å²) in [4.78, 5) is 10.6. The standard InChI is InChI=1S/C53H34N2/c1-53(2)44-20-7-6-16-38(44)42-28-35(25-26-45(42)53)46-30-47(55-52(54-46)34-11-4-3-5-12-34)37-27-36-24-23-33-14-9-18-40-39-17-8-13-31-21-22-32-15-10-19-41(50(32)48(31)39)43(29-37)51(36)49(33)40/h3-30H,1-2H3. The topological polar surface area (TPSA) is 25.8 Å². The number of hydrogen-bond donors (Lipinski definition) is 0. The van der Waals surface area contributed by atoms with Crippen molar-refractivity contribution >= 4 is 64.6 Å². The van der Waals surface area contributed by atoms with Gasteiger partial charge in [-0.2, -0.15) is 0 Å². The Balaban J connectivity index is 1.18. The minimum Gasteiger partial charge on any atom is -0.228 e. The predicted octanol–water partition coefficient (Wildman–Crippen LogP) is 14.1. The fourth-order valence-electron chi connectivity index (χ4n) is 9.77. The monoisotopic (exact) mass is 698 g/mol. The van der Waals surface area contributed by atoms with Crippen LogP contribution in [0.5, 0.6) is 0 Å². The summed E-state index contributed by atoms with van der Waals surface area (Å²) in [7, 11) is 0. The van der Waals surface area contributed by atoms with E-state index < -0.39 is 0 Å². The zero-order chi connectivity index (χ0) is 36.4. The maximum Gasteiger partial charge on any atom is 0.160 e. The molecular formula is C53H34N2. The first-order valence-corrected chi connectivity index (χ1v) is 19.2. The molecule has 0 bridgehead atoms. The molecule has 0 spiro atoms. The van der Waals surface area contributed by atoms with Crippen molar-refractivity contribution in [3.8, 4) is 45.0 Å². The molecule has 0 unspecified atom stereocenters. The second kappa shape index (κ2) is 11.1. The van der Waals surface area contributed by atoms with E-state index in [1.54, 1.807) is 0 Å². The van der Waals surface area contributed by atoms with Crippen LogP contribution in [-0.2, 0) is 5.41 Å². The lowest BCUT2D eigenvalue weighted by Crippen LogP contribution is -2.14. The van der Waals surface area contributed by atoms with Gasteiger partial charge in [-0.25, -0.2) is 9.97 Å². The molecule has 1 heterocycles. The first kappa shape index (κ1) is 30.6. The highest BCUT2D eigenvalue weighted by atomic mass is 14.9. The normalized spacial score (nSPS) is 13.4. The fraction of sp³-hybridized carbons (Fsp3) is 0.0566. The van der Waals surface area contributed by atoms with Crippen molar-refractivity contribution in [2.75, 3.05) is 0 Å². The molecule has 0 saturated heterocycles. The van der Waals surface area contributed by atoms with E-state index in [2.05, 4.69) is 178 Å². The highest BCUT2D eigenvalue weighted by Gasteiger charge is 2.35. The quantitative estimate of drug-likeness (QED) is 0.172. The van der Waals surface area contributed by atoms with E-state index in [9.17, 15) is 0 Å². The van der Waals surface area contributed by atoms with Crippen molar-refractivity contribution < 1.29 is 0 Å². The highest BCUT2D eigenvalue weighted by Crippen LogP contribution is 2.50. The van der Waals surface area contributed by atoms with Crippen molar-refractivity contribution in [3.63, 3.8) is 0 Å². The smallest absolute Gasteiger partial charge is 0.160 e. The van der Waals surface area contributed by atoms with Crippen molar-refractivity contribution in [3.05, 3.63) is 181 Å². The average Bonchev–Trinajstić information content (AvgIpc) is 3.47. The molecule has 0 radical (unpaired) electrons. The minimum atomic E-state index is -0.0572. The first-order chi connectivity index (χ1) is 27.0. The van der Waals surface area contributed by atoms with Crippen molar-refractivity contribution in [1.82, 2.24) is 9.97 Å². The van der Waals surface area contributed by atoms with Gasteiger partial charge in [-0.15, -0.1) is 0 Å². The molecule has 2 heteroatoms. The van der Waals surface area contributed by atoms with Gasteiger partial charge in [0.05, 0.1) is 11.4 Å². The summed E-state index contributed by atoms with van der Waals surface area (Å²) in [6, 6.07) is 62.5. The van der Waals surface area contributed by atoms with E-state index in [1.165, 1.54) is 86.9 Å². The molecule has 1 aliphatic carbocycles. The molecule has 2 nitrogen and oxygen atoms in total. The maximum atomic E-state index is 5.35. The average molecular weight is 699 g/mol. The third-order valence-corrected chi connectivity index (χ3v) is 12.4. The van der Waals surface area contributed by atoms with Gasteiger partial charge >= 0.3 is 0 Å². The van der Waals surface area contributed by atoms with Gasteiger partial charge in [0.1, 0.15) is 0 Å². The number of nitrogens with zero attached hydrogens (tertiary/aromatic N) is 2. The summed E-state index contributed by atoms with van der Waals surface area (Å²) < 4.78 is 0. The summed E-state index contributed by atoms with van der Waals surface area (Å²) in [5.74, 6) is 0.721. The maximum absolute atomic E-state index is 5.35. The third kappa shape index (κ3) is 4.31. The van der Waals surface area contributed by atoms with Gasteiger partial charge in [-0.05, 0) is 111 Å². The van der Waals surface area contributed by atoms with Crippen LogP contribution in [0.4, 0.5) is 0 Å². The van der Waals surface area contributed by atoms with Crippen LogP contribution in [0.3, 0.4) is 0 Å². The van der Waals surface area contributed by atoms with Gasteiger partial charge < -0.3 is 0 Å². The van der Waals surface area contributed by atoms with Crippen LogP contribution >= 0.6 is 0 Å². The van der Waals surface area contributed by atoms with Gasteiger partial charge in [0, 0.05) is 22.1 Å². The highest BCUT2D eigenvalue weighted by molar-refractivity contribution is 6.37. The van der Waals surface area contributed by atoms with Gasteiger partial charge in [0.25, 0.3) is 0 Å². The fourth-order valence-corrected chi connectivity index (χ4v) is 9.77. The van der Waals surface area contributed by atoms with Crippen LogP contribution in [0, 0.1) is 0 Å². The Morgan fingerprint density at radius 2 is 0.891 bits per heavy atom. The van der Waals surface area contributed by atoms with Gasteiger partial charge in [0.15, 0.2) is 5.82 Å². The molecule has 55 heavy (non-hydrogen) atoms. The van der Waals surface area contributed by atoms with Gasteiger partial charge in [-0.1, -0.05) is 159 Å². The molecule has 1 aliphatic rings. The molecule has 11 aromatic rings. The Hall–Kier alpha value is -6.90. The number of fused-ring (bicyclic) bond motifs is 5. The van der Waals surface area contributed by atoms with Gasteiger partial charge in [-0.3, -0.25) is 0 Å². The van der Waals surface area contributed by atoms with E-state index in [0.29, 0.717) is 0 Å². The molecule has 0 amide bonds. The lowest BCUT2D eigenvalue weighted by Gasteiger charge is -2.21. The van der Waals surface area contributed by atoms with Crippen LogP contribution in [0.15, 0.2) is 170 Å². The summed E-state index contributed by atoms with van der Waals surface area (Å²) in [5, 5.41) is 15.2. The zero-order valence-corrected chi connectivity index (χ0v) is 30.6. The van der Waals surface area contributed by atoms with E-state index >= 15 is 0 Å². The van der Waals surface area contributed by atoms with Crippen molar-refractivity contribution in [1.29, 1.82) is 0 Å². The predicted molar refractivity (Wildman–Crippen MR) is 232 cm³/mol. The molecule has 0 saturated carbocycles. The van der Waals surface area contributed by atoms with Crippen LogP contribution < -0.4 is 0 Å². The van der Waals surface area contributed by atoms with Crippen LogP contribution in [0.1, 0.15) is 25.0 Å². The number of aromatic nitrogens is 2. The van der Waals surface area contributed by atoms with Crippen LogP contribution in [0.2, 0.25) is 0 Å². The van der Waals surface area contributed by atoms with E-state index in [0.717, 1.165) is 33.9 Å². The summed E-state index contributed by atoms with van der Waals surface area (Å²) in [5.41, 5.74) is 10.2. The van der Waals surface area contributed by atoms with E-state index in [4.69, 9.17) is 9.97 Å². The first-order valence-electron chi connectivity index (χ1n) is 19.2. The molecule has 12 rings (SSSR count). The lowest BCUT2D eigenvalue weighted by molar-refractivity contribution is 0.660. The number of benzene rings is 9. The van der Waals surface area contributed by atoms with Gasteiger partial charge in [0.2, 0.25) is 0 Å². The summed E-state index contributed by atoms with van der Waals surface area (Å²) in [6.45, 7) is 4.66. The second-order valence-corrected chi connectivity index (χ2v) is 15.7. The Morgan fingerprint density at radius 3 is 1.56 bits per heavy atom. The minimum absolute atomic E-state index is 0.0572. The summed E-state index contributed by atoms with van der Waals surface area (Å²) in [6.07, 6.45) is 0. The number of hydrogen-bond acceptors (Lipinski definition) is 2. The largest absolute Gasteiger partial charge is 0.228 e. The Morgan fingerprint density at radius 1 is 0.345 bits per heavy atom. The molecule has 0 atom stereocenters. The molecule has 0 N–H and O–H groups in total. The molecule has 0 aliphatic heterocycles. The van der Waals surface area contributed by atoms with Crippen molar-refractivity contribution in [2.45, 2.75) is 19.3 Å². The Kier molecular flexibility index (Phi) is 6.15. The van der Waals surface area contributed by atoms with Crippen LogP contribution in [-0.4, -0.2) is 9.97 Å². The summed E-state index contributed by atoms with van der Waals surface area (Å²) >= 11 is 0. The molecule has 256 valence electrons. The zero-order valence-electron chi connectivity index (χ0n) is 30.6. The Labute approximate surface area is 318 Å². The number of rotatable bonds is 3. The third-order valence-electron chi connectivity index (χ3n) is 12.4. The van der Waals surface area contributed by atoms with E-state index in [-0.39, 0.29) is 5.41 Å². The molecule has 0 fully saturated rings. The second-order valence-electron chi connectivity index (χ2n) is 15.7. The van der Waals surface area contributed by atoms with Crippen molar-refractivity contribution in [2.24, 2.45) is 0 Å². The Bertz CT molecular complexity index is 3390.